The number of hydrogen-bond acceptors (Lipinski definition) is 2. The van der Waals surface area contributed by atoms with E-state index in [1.54, 1.807) is 0 Å². The third kappa shape index (κ3) is 1.28. The Kier molecular flexibility index (Phi) is 1.49. The number of carbonyl (C=O) groups is 1. The summed E-state index contributed by atoms with van der Waals surface area (Å²) in [4.78, 5) is 13.7. The third-order valence-electron chi connectivity index (χ3n) is 0.527. The van der Waals surface area contributed by atoms with E-state index in [9.17, 15) is 4.79 Å². The second kappa shape index (κ2) is 1.96. The topological polar surface area (TPSA) is 29.4 Å². The molecular formula is C3H2BrNOS. The van der Waals surface area contributed by atoms with Crippen LogP contribution in [0.2, 0.25) is 0 Å². The molecule has 0 atom stereocenters. The largest absolute Gasteiger partial charge is 0.306 e. The number of thioether (sulfide) groups is 1. The van der Waals surface area contributed by atoms with Crippen molar-refractivity contribution in [2.45, 2.75) is 0 Å². The summed E-state index contributed by atoms with van der Waals surface area (Å²) in [5, 5.41) is -0.0909. The van der Waals surface area contributed by atoms with Gasteiger partial charge in [-0.05, 0) is 15.9 Å². The fraction of sp³-hybridized carbons (Fsp3) is 0.333. The van der Waals surface area contributed by atoms with Gasteiger partial charge in [0.05, 0.1) is 10.4 Å². The summed E-state index contributed by atoms with van der Waals surface area (Å²) < 4.78 is 0.752. The summed E-state index contributed by atoms with van der Waals surface area (Å²) in [6.07, 6.45) is 0. The van der Waals surface area contributed by atoms with Gasteiger partial charge in [-0.25, -0.2) is 0 Å². The van der Waals surface area contributed by atoms with Crippen LogP contribution >= 0.6 is 27.7 Å². The molecule has 0 fully saturated rings. The Morgan fingerprint density at radius 3 is 2.71 bits per heavy atom. The zero-order valence-corrected chi connectivity index (χ0v) is 5.75. The molecule has 0 aromatic carbocycles. The van der Waals surface area contributed by atoms with E-state index in [2.05, 4.69) is 20.9 Å². The molecular weight excluding hydrogens is 178 g/mol. The van der Waals surface area contributed by atoms with Crippen molar-refractivity contribution < 1.29 is 4.79 Å². The molecule has 0 N–H and O–H groups in total. The molecule has 0 aromatic rings. The van der Waals surface area contributed by atoms with E-state index in [0.29, 0.717) is 5.75 Å². The van der Waals surface area contributed by atoms with E-state index in [1.807, 2.05) is 0 Å². The van der Waals surface area contributed by atoms with Gasteiger partial charge in [0.15, 0.2) is 0 Å². The maximum absolute atomic E-state index is 10.2. The van der Waals surface area contributed by atoms with Crippen LogP contribution in [0.5, 0.6) is 0 Å². The average molecular weight is 180 g/mol. The van der Waals surface area contributed by atoms with Crippen molar-refractivity contribution in [1.82, 2.24) is 0 Å². The van der Waals surface area contributed by atoms with Gasteiger partial charge >= 0.3 is 5.24 Å². The summed E-state index contributed by atoms with van der Waals surface area (Å²) in [5.74, 6) is 0.707. The van der Waals surface area contributed by atoms with E-state index < -0.39 is 0 Å². The van der Waals surface area contributed by atoms with Crippen molar-refractivity contribution in [3.63, 3.8) is 0 Å². The molecule has 0 aromatic heterocycles. The molecule has 38 valence electrons. The van der Waals surface area contributed by atoms with Gasteiger partial charge in [-0.2, -0.15) is 4.99 Å². The van der Waals surface area contributed by atoms with Crippen LogP contribution in [0.25, 0.3) is 0 Å². The predicted molar refractivity (Wildman–Crippen MR) is 34.2 cm³/mol. The maximum atomic E-state index is 10.2. The Morgan fingerprint density at radius 1 is 1.86 bits per heavy atom. The maximum Gasteiger partial charge on any atom is 0.306 e. The molecule has 2 nitrogen and oxygen atoms in total. The molecule has 1 aliphatic heterocycles. The van der Waals surface area contributed by atoms with E-state index in [4.69, 9.17) is 0 Å². The SMILES string of the molecule is O=C1N=C(Br)CS1. The van der Waals surface area contributed by atoms with Crippen molar-refractivity contribution in [2.24, 2.45) is 4.99 Å². The number of rotatable bonds is 0. The van der Waals surface area contributed by atoms with E-state index in [-0.39, 0.29) is 5.24 Å². The first-order valence-corrected chi connectivity index (χ1v) is 3.47. The summed E-state index contributed by atoms with van der Waals surface area (Å²) in [7, 11) is 0. The normalized spacial score (nSPS) is 20.1. The van der Waals surface area contributed by atoms with E-state index >= 15 is 0 Å². The summed E-state index contributed by atoms with van der Waals surface area (Å²) in [5.41, 5.74) is 0. The number of halogens is 1. The lowest BCUT2D eigenvalue weighted by Gasteiger charge is -1.71. The van der Waals surface area contributed by atoms with Crippen LogP contribution in [0.1, 0.15) is 0 Å². The second-order valence-electron chi connectivity index (χ2n) is 1.04. The van der Waals surface area contributed by atoms with Crippen LogP contribution in [0.15, 0.2) is 4.99 Å². The van der Waals surface area contributed by atoms with Gasteiger partial charge in [0, 0.05) is 0 Å². The van der Waals surface area contributed by atoms with Gasteiger partial charge in [-0.3, -0.25) is 4.79 Å². The smallest absolute Gasteiger partial charge is 0.259 e. The average Bonchev–Trinajstić information content (AvgIpc) is 1.87. The molecule has 1 amide bonds. The molecule has 0 saturated carbocycles. The minimum Gasteiger partial charge on any atom is -0.259 e. The van der Waals surface area contributed by atoms with Crippen molar-refractivity contribution in [3.05, 3.63) is 0 Å². The fourth-order valence-electron chi connectivity index (χ4n) is 0.285. The zero-order chi connectivity index (χ0) is 5.28. The number of amides is 1. The highest BCUT2D eigenvalue weighted by atomic mass is 79.9. The Bertz CT molecular complexity index is 133. The zero-order valence-electron chi connectivity index (χ0n) is 3.35. The molecule has 4 heteroatoms. The predicted octanol–water partition coefficient (Wildman–Crippen LogP) is 1.65. The molecule has 1 aliphatic rings. The van der Waals surface area contributed by atoms with E-state index in [0.717, 1.165) is 4.62 Å². The minimum atomic E-state index is -0.0909. The highest BCUT2D eigenvalue weighted by Crippen LogP contribution is 2.15. The van der Waals surface area contributed by atoms with Crippen LogP contribution in [0.3, 0.4) is 0 Å². The molecule has 0 spiro atoms. The van der Waals surface area contributed by atoms with Crippen LogP contribution in [0.4, 0.5) is 4.79 Å². The molecule has 0 bridgehead atoms. The monoisotopic (exact) mass is 179 g/mol. The van der Waals surface area contributed by atoms with Gasteiger partial charge < -0.3 is 0 Å². The highest BCUT2D eigenvalue weighted by molar-refractivity contribution is 9.18. The summed E-state index contributed by atoms with van der Waals surface area (Å²) >= 11 is 4.30. The standard InChI is InChI=1S/C3H2BrNOS/c4-2-1-7-3(6)5-2/h1H2. The molecule has 1 heterocycles. The highest BCUT2D eigenvalue weighted by Gasteiger charge is 2.10. The van der Waals surface area contributed by atoms with Crippen molar-refractivity contribution >= 4 is 37.6 Å². The first-order valence-electron chi connectivity index (χ1n) is 1.69. The quantitative estimate of drug-likeness (QED) is 0.567. The third-order valence-corrected chi connectivity index (χ3v) is 2.11. The number of nitrogens with zero attached hydrogens (tertiary/aromatic N) is 1. The Labute approximate surface area is 53.5 Å². The van der Waals surface area contributed by atoms with Crippen molar-refractivity contribution in [1.29, 1.82) is 0 Å². The summed E-state index contributed by atoms with van der Waals surface area (Å²) in [6.45, 7) is 0. The summed E-state index contributed by atoms with van der Waals surface area (Å²) in [6, 6.07) is 0. The molecule has 0 unspecified atom stereocenters. The molecule has 7 heavy (non-hydrogen) atoms. The van der Waals surface area contributed by atoms with Gasteiger partial charge in [0.2, 0.25) is 0 Å². The first-order chi connectivity index (χ1) is 3.29. The number of aliphatic imine (C=N–C) groups is 1. The first kappa shape index (κ1) is 5.31. The molecule has 0 aliphatic carbocycles. The van der Waals surface area contributed by atoms with Crippen LogP contribution in [-0.4, -0.2) is 15.6 Å². The lowest BCUT2D eigenvalue weighted by Crippen LogP contribution is -1.78. The number of hydrogen-bond donors (Lipinski definition) is 0. The van der Waals surface area contributed by atoms with Crippen LogP contribution in [0, 0.1) is 0 Å². The van der Waals surface area contributed by atoms with E-state index in [1.165, 1.54) is 11.8 Å². The van der Waals surface area contributed by atoms with Gasteiger partial charge in [-0.15, -0.1) is 0 Å². The molecule has 0 saturated heterocycles. The fourth-order valence-corrected chi connectivity index (χ4v) is 1.39. The van der Waals surface area contributed by atoms with Gasteiger partial charge in [0.25, 0.3) is 0 Å². The Morgan fingerprint density at radius 2 is 2.57 bits per heavy atom. The molecule has 1 rings (SSSR count). The number of carbonyl (C=O) groups excluding carboxylic acids is 1. The van der Waals surface area contributed by atoms with Gasteiger partial charge in [0.1, 0.15) is 0 Å². The Balaban J connectivity index is 2.67. The van der Waals surface area contributed by atoms with Gasteiger partial charge in [-0.1, -0.05) is 11.8 Å². The lowest BCUT2D eigenvalue weighted by molar-refractivity contribution is 0.268. The van der Waals surface area contributed by atoms with Crippen LogP contribution in [-0.2, 0) is 0 Å². The lowest BCUT2D eigenvalue weighted by atomic mass is 10.9. The Hall–Kier alpha value is 0.170. The van der Waals surface area contributed by atoms with Crippen molar-refractivity contribution in [3.8, 4) is 0 Å². The molecule has 0 radical (unpaired) electrons. The second-order valence-corrected chi connectivity index (χ2v) is 2.88. The van der Waals surface area contributed by atoms with Crippen molar-refractivity contribution in [2.75, 3.05) is 5.75 Å². The minimum absolute atomic E-state index is 0.0909. The van der Waals surface area contributed by atoms with Crippen LogP contribution < -0.4 is 0 Å².